The van der Waals surface area contributed by atoms with Crippen LogP contribution in [0.2, 0.25) is 0 Å². The lowest BCUT2D eigenvalue weighted by Gasteiger charge is -2.21. The maximum absolute atomic E-state index is 12.8. The number of aromatic nitrogens is 2. The molecule has 3 rings (SSSR count). The first kappa shape index (κ1) is 18.6. The van der Waals surface area contributed by atoms with Crippen LogP contribution in [0.3, 0.4) is 0 Å². The molecule has 2 atom stereocenters. The third kappa shape index (κ3) is 3.95. The highest BCUT2D eigenvalue weighted by Crippen LogP contribution is 2.22. The van der Waals surface area contributed by atoms with Gasteiger partial charge < -0.3 is 15.0 Å². The minimum atomic E-state index is -3.37. The zero-order valence-electron chi connectivity index (χ0n) is 14.7. The van der Waals surface area contributed by atoms with Crippen molar-refractivity contribution in [1.82, 2.24) is 19.6 Å². The van der Waals surface area contributed by atoms with Gasteiger partial charge in [0, 0.05) is 38.0 Å². The lowest BCUT2D eigenvalue weighted by molar-refractivity contribution is 0.0926. The Morgan fingerprint density at radius 1 is 1.35 bits per heavy atom. The molecule has 1 aromatic heterocycles. The lowest BCUT2D eigenvalue weighted by atomic mass is 10.0. The summed E-state index contributed by atoms with van der Waals surface area (Å²) in [5.41, 5.74) is 1.16. The fourth-order valence-electron chi connectivity index (χ4n) is 2.89. The van der Waals surface area contributed by atoms with E-state index in [2.05, 4.69) is 15.3 Å². The van der Waals surface area contributed by atoms with E-state index in [4.69, 9.17) is 4.74 Å². The second-order valence-corrected chi connectivity index (χ2v) is 8.65. The van der Waals surface area contributed by atoms with E-state index in [0.29, 0.717) is 30.2 Å². The van der Waals surface area contributed by atoms with Crippen molar-refractivity contribution in [2.24, 2.45) is 5.92 Å². The summed E-state index contributed by atoms with van der Waals surface area (Å²) >= 11 is 0. The van der Waals surface area contributed by atoms with Gasteiger partial charge in [0.25, 0.3) is 5.91 Å². The Balaban J connectivity index is 1.76. The van der Waals surface area contributed by atoms with E-state index >= 15 is 0 Å². The molecule has 1 fully saturated rings. The summed E-state index contributed by atoms with van der Waals surface area (Å²) in [6, 6.07) is 6.78. The number of nitrogens with zero attached hydrogens (tertiary/aromatic N) is 2. The molecule has 1 saturated heterocycles. The third-order valence-corrected chi connectivity index (χ3v) is 6.38. The quantitative estimate of drug-likeness (QED) is 0.770. The number of sulfonamides is 1. The summed E-state index contributed by atoms with van der Waals surface area (Å²) in [5.74, 6) is -0.0304. The molecule has 140 valence electrons. The van der Waals surface area contributed by atoms with E-state index in [1.165, 1.54) is 18.4 Å². The number of ether oxygens (including phenoxy) is 1. The van der Waals surface area contributed by atoms with Gasteiger partial charge in [-0.05, 0) is 6.07 Å². The molecular weight excluding hydrogens is 356 g/mol. The third-order valence-electron chi connectivity index (χ3n) is 4.42. The molecule has 0 radical (unpaired) electrons. The van der Waals surface area contributed by atoms with Gasteiger partial charge in [-0.15, -0.1) is 0 Å². The predicted molar refractivity (Wildman–Crippen MR) is 97.1 cm³/mol. The van der Waals surface area contributed by atoms with E-state index in [1.54, 1.807) is 24.5 Å². The van der Waals surface area contributed by atoms with E-state index in [-0.39, 0.29) is 23.6 Å². The van der Waals surface area contributed by atoms with E-state index in [0.717, 1.165) is 0 Å². The number of hydrogen-bond acceptors (Lipinski definition) is 5. The summed E-state index contributed by atoms with van der Waals surface area (Å²) in [6.07, 6.45) is 3.31. The molecule has 2 heterocycles. The van der Waals surface area contributed by atoms with Gasteiger partial charge in [0.15, 0.2) is 0 Å². The largest absolute Gasteiger partial charge is 0.379 e. The van der Waals surface area contributed by atoms with Crippen LogP contribution in [0.25, 0.3) is 11.4 Å². The molecule has 1 aromatic carbocycles. The van der Waals surface area contributed by atoms with Crippen LogP contribution in [-0.2, 0) is 14.8 Å². The molecule has 0 aliphatic carbocycles. The Morgan fingerprint density at radius 3 is 2.81 bits per heavy atom. The molecule has 0 spiro atoms. The van der Waals surface area contributed by atoms with Gasteiger partial charge in [0.05, 0.1) is 30.6 Å². The zero-order valence-corrected chi connectivity index (χ0v) is 15.5. The maximum atomic E-state index is 12.8. The molecule has 1 aliphatic heterocycles. The Labute approximate surface area is 152 Å². The monoisotopic (exact) mass is 378 g/mol. The SMILES string of the molecule is CN(C)S(=O)(=O)C[C@@H]1COC[C@@H]1NC(=O)c1ccccc1-c1ncc[nH]1. The van der Waals surface area contributed by atoms with Crippen LogP contribution < -0.4 is 5.32 Å². The summed E-state index contributed by atoms with van der Waals surface area (Å²) < 4.78 is 30.9. The molecule has 8 nitrogen and oxygen atoms in total. The fraction of sp³-hybridized carbons (Fsp3) is 0.412. The van der Waals surface area contributed by atoms with Crippen LogP contribution in [-0.4, -0.2) is 67.7 Å². The van der Waals surface area contributed by atoms with Crippen molar-refractivity contribution < 1.29 is 17.9 Å². The number of rotatable bonds is 6. The van der Waals surface area contributed by atoms with Crippen molar-refractivity contribution in [3.05, 3.63) is 42.2 Å². The number of amides is 1. The Morgan fingerprint density at radius 2 is 2.12 bits per heavy atom. The molecular formula is C17H22N4O4S. The van der Waals surface area contributed by atoms with Crippen molar-refractivity contribution in [3.63, 3.8) is 0 Å². The highest BCUT2D eigenvalue weighted by molar-refractivity contribution is 7.89. The molecule has 2 aromatic rings. The summed E-state index contributed by atoms with van der Waals surface area (Å²) in [6.45, 7) is 0.597. The Bertz CT molecular complexity index is 865. The summed E-state index contributed by atoms with van der Waals surface area (Å²) in [5, 5.41) is 2.92. The van der Waals surface area contributed by atoms with Gasteiger partial charge in [0.2, 0.25) is 10.0 Å². The molecule has 2 N–H and O–H groups in total. The maximum Gasteiger partial charge on any atom is 0.252 e. The van der Waals surface area contributed by atoms with Crippen LogP contribution in [0, 0.1) is 5.92 Å². The summed E-state index contributed by atoms with van der Waals surface area (Å²) in [4.78, 5) is 20.0. The zero-order chi connectivity index (χ0) is 18.7. The first-order chi connectivity index (χ1) is 12.4. The molecule has 26 heavy (non-hydrogen) atoms. The predicted octanol–water partition coefficient (Wildman–Crippen LogP) is 0.713. The molecule has 1 amide bonds. The van der Waals surface area contributed by atoms with Gasteiger partial charge >= 0.3 is 0 Å². The minimum Gasteiger partial charge on any atom is -0.379 e. The normalized spacial score (nSPS) is 20.4. The first-order valence-electron chi connectivity index (χ1n) is 8.26. The van der Waals surface area contributed by atoms with Crippen molar-refractivity contribution in [1.29, 1.82) is 0 Å². The Kier molecular flexibility index (Phi) is 5.40. The van der Waals surface area contributed by atoms with Crippen LogP contribution in [0.1, 0.15) is 10.4 Å². The molecule has 0 unspecified atom stereocenters. The number of benzene rings is 1. The van der Waals surface area contributed by atoms with E-state index in [1.807, 2.05) is 12.1 Å². The van der Waals surface area contributed by atoms with Crippen LogP contribution in [0.5, 0.6) is 0 Å². The van der Waals surface area contributed by atoms with E-state index in [9.17, 15) is 13.2 Å². The number of nitrogens with one attached hydrogen (secondary N) is 2. The highest BCUT2D eigenvalue weighted by Gasteiger charge is 2.34. The van der Waals surface area contributed by atoms with Crippen molar-refractivity contribution in [2.45, 2.75) is 6.04 Å². The van der Waals surface area contributed by atoms with Crippen molar-refractivity contribution in [3.8, 4) is 11.4 Å². The van der Waals surface area contributed by atoms with Crippen LogP contribution >= 0.6 is 0 Å². The number of carbonyl (C=O) groups excluding carboxylic acids is 1. The minimum absolute atomic E-state index is 0.0647. The molecule has 1 aliphatic rings. The van der Waals surface area contributed by atoms with E-state index < -0.39 is 10.0 Å². The van der Waals surface area contributed by atoms with Gasteiger partial charge in [-0.25, -0.2) is 17.7 Å². The Hall–Kier alpha value is -2.23. The van der Waals surface area contributed by atoms with Crippen LogP contribution in [0.4, 0.5) is 0 Å². The summed E-state index contributed by atoms with van der Waals surface area (Å²) in [7, 11) is -0.375. The van der Waals surface area contributed by atoms with Gasteiger partial charge in [-0.3, -0.25) is 4.79 Å². The number of H-pyrrole nitrogens is 1. The highest BCUT2D eigenvalue weighted by atomic mass is 32.2. The number of imidazole rings is 1. The van der Waals surface area contributed by atoms with Gasteiger partial charge in [-0.1, -0.05) is 18.2 Å². The second-order valence-electron chi connectivity index (χ2n) is 6.42. The standard InChI is InChI=1S/C17H22N4O4S/c1-21(2)26(23,24)11-12-9-25-10-15(12)20-17(22)14-6-4-3-5-13(14)16-18-7-8-19-16/h3-8,12,15H,9-11H2,1-2H3,(H,18,19)(H,20,22)/t12-,15-/m0/s1. The lowest BCUT2D eigenvalue weighted by Crippen LogP contribution is -2.43. The van der Waals surface area contributed by atoms with Crippen molar-refractivity contribution in [2.75, 3.05) is 33.1 Å². The van der Waals surface area contributed by atoms with Gasteiger partial charge in [0.1, 0.15) is 5.82 Å². The average Bonchev–Trinajstić information content (AvgIpc) is 3.27. The number of hydrogen-bond donors (Lipinski definition) is 2. The molecule has 0 bridgehead atoms. The van der Waals surface area contributed by atoms with Gasteiger partial charge in [-0.2, -0.15) is 0 Å². The average molecular weight is 378 g/mol. The number of aromatic amines is 1. The topological polar surface area (TPSA) is 104 Å². The first-order valence-corrected chi connectivity index (χ1v) is 9.87. The van der Waals surface area contributed by atoms with Crippen LogP contribution in [0.15, 0.2) is 36.7 Å². The molecule has 9 heteroatoms. The molecule has 0 saturated carbocycles. The second kappa shape index (κ2) is 7.56. The van der Waals surface area contributed by atoms with Crippen molar-refractivity contribution >= 4 is 15.9 Å². The smallest absolute Gasteiger partial charge is 0.252 e. The number of carbonyl (C=O) groups is 1. The fourth-order valence-corrected chi connectivity index (χ4v) is 4.06.